The summed E-state index contributed by atoms with van der Waals surface area (Å²) < 4.78 is 0. The Bertz CT molecular complexity index is 39.2. The fraction of sp³-hybridized carbons (Fsp3) is 0.400. The maximum Gasteiger partial charge on any atom is -0.0122 e. The van der Waals surface area contributed by atoms with Gasteiger partial charge in [-0.1, -0.05) is 6.08 Å². The van der Waals surface area contributed by atoms with E-state index >= 15 is 0 Å². The second kappa shape index (κ2) is 2.91. The summed E-state index contributed by atoms with van der Waals surface area (Å²) in [6, 6.07) is 0. The van der Waals surface area contributed by atoms with Gasteiger partial charge in [0.15, 0.2) is 0 Å². The third-order valence-electron chi connectivity index (χ3n) is 0.441. The highest BCUT2D eigenvalue weighted by molar-refractivity contribution is 4.69. The van der Waals surface area contributed by atoms with Crippen molar-refractivity contribution in [2.75, 3.05) is 13.6 Å². The molecule has 0 aromatic rings. The minimum Gasteiger partial charge on any atom is -0.459 e. The largest absolute Gasteiger partial charge is 0.459 e. The van der Waals surface area contributed by atoms with Crippen LogP contribution in [0.1, 0.15) is 0 Å². The quantitative estimate of drug-likeness (QED) is 0.355. The van der Waals surface area contributed by atoms with Crippen molar-refractivity contribution >= 4 is 0 Å². The molecular weight excluding hydrogens is 74.1 g/mol. The first-order chi connectivity index (χ1) is 2.77. The van der Waals surface area contributed by atoms with Crippen LogP contribution in [0.5, 0.6) is 0 Å². The van der Waals surface area contributed by atoms with E-state index in [0.717, 1.165) is 6.54 Å². The molecule has 0 atom stereocenters. The van der Waals surface area contributed by atoms with Crippen molar-refractivity contribution in [3.8, 4) is 0 Å². The van der Waals surface area contributed by atoms with Gasteiger partial charge >= 0.3 is 0 Å². The summed E-state index contributed by atoms with van der Waals surface area (Å²) in [5, 5.41) is 0. The highest BCUT2D eigenvalue weighted by atomic mass is 15.0. The van der Waals surface area contributed by atoms with Crippen molar-refractivity contribution in [1.29, 1.82) is 0 Å². The van der Waals surface area contributed by atoms with Gasteiger partial charge in [0, 0.05) is 0 Å². The summed E-state index contributed by atoms with van der Waals surface area (Å²) in [6.45, 7) is 4.38. The van der Waals surface area contributed by atoms with Gasteiger partial charge in [-0.2, -0.15) is 0 Å². The van der Waals surface area contributed by atoms with Crippen LogP contribution in [0, 0.1) is 7.05 Å². The maximum atomic E-state index is 3.59. The van der Waals surface area contributed by atoms with Crippen LogP contribution in [0.15, 0.2) is 12.7 Å². The molecule has 0 aliphatic heterocycles. The van der Waals surface area contributed by atoms with E-state index < -0.39 is 0 Å². The Hall–Kier alpha value is -0.300. The topological polar surface area (TPSA) is 3.24 Å². The fourth-order valence-electron chi connectivity index (χ4n) is 0.220. The van der Waals surface area contributed by atoms with Gasteiger partial charge in [0.2, 0.25) is 0 Å². The summed E-state index contributed by atoms with van der Waals surface area (Å²) in [5.74, 6) is 0. The molecule has 6 heavy (non-hydrogen) atoms. The Kier molecular flexibility index (Phi) is 2.77. The van der Waals surface area contributed by atoms with Gasteiger partial charge in [-0.25, -0.2) is 0 Å². The third kappa shape index (κ3) is 3.70. The van der Waals surface area contributed by atoms with Crippen LogP contribution in [-0.2, 0) is 0 Å². The molecule has 0 saturated heterocycles. The molecule has 0 amide bonds. The maximum absolute atomic E-state index is 3.59. The Balaban J connectivity index is 2.81. The lowest BCUT2D eigenvalue weighted by Crippen LogP contribution is -2.06. The van der Waals surface area contributed by atoms with Gasteiger partial charge in [-0.05, 0) is 13.6 Å². The number of hydrogen-bond donors (Lipinski definition) is 0. The molecule has 0 bridgehead atoms. The fourth-order valence-corrected chi connectivity index (χ4v) is 0.220. The highest BCUT2D eigenvalue weighted by Gasteiger charge is 1.66. The van der Waals surface area contributed by atoms with Gasteiger partial charge in [0.1, 0.15) is 0 Å². The molecule has 0 unspecified atom stereocenters. The first kappa shape index (κ1) is 5.70. The second-order valence-corrected chi connectivity index (χ2v) is 1.33. The summed E-state index contributed by atoms with van der Waals surface area (Å²) in [7, 11) is 5.49. The lowest BCUT2D eigenvalue weighted by atomic mass is 10.6. The lowest BCUT2D eigenvalue weighted by Gasteiger charge is -2.12. The number of rotatable bonds is 2. The van der Waals surface area contributed by atoms with Gasteiger partial charge in [0.05, 0.1) is 0 Å². The van der Waals surface area contributed by atoms with Gasteiger partial charge in [0.25, 0.3) is 0 Å². The summed E-state index contributed by atoms with van der Waals surface area (Å²) in [4.78, 5) is 1.81. The molecule has 0 aliphatic rings. The van der Waals surface area contributed by atoms with Crippen LogP contribution >= 0.6 is 0 Å². The van der Waals surface area contributed by atoms with Crippen LogP contribution in [0.25, 0.3) is 0 Å². The zero-order chi connectivity index (χ0) is 4.99. The molecule has 0 rings (SSSR count). The zero-order valence-corrected chi connectivity index (χ0v) is 4.15. The van der Waals surface area contributed by atoms with E-state index in [0.29, 0.717) is 0 Å². The lowest BCUT2D eigenvalue weighted by molar-refractivity contribution is 0.504. The number of likely N-dealkylation sites (N-methyl/N-ethyl adjacent to an activating group) is 1. The third-order valence-corrected chi connectivity index (χ3v) is 0.441. The highest BCUT2D eigenvalue weighted by Crippen LogP contribution is 1.72. The Morgan fingerprint density at radius 2 is 2.50 bits per heavy atom. The van der Waals surface area contributed by atoms with Crippen LogP contribution in [0.3, 0.4) is 0 Å². The molecule has 0 N–H and O–H groups in total. The van der Waals surface area contributed by atoms with Crippen LogP contribution in [0.2, 0.25) is 0 Å². The molecule has 0 saturated carbocycles. The predicted octanol–water partition coefficient (Wildman–Crippen LogP) is 0.896. The molecule has 0 spiro atoms. The van der Waals surface area contributed by atoms with Crippen molar-refractivity contribution in [2.45, 2.75) is 0 Å². The van der Waals surface area contributed by atoms with Gasteiger partial charge < -0.3 is 4.90 Å². The summed E-state index contributed by atoms with van der Waals surface area (Å²) in [5.41, 5.74) is 0. The molecule has 0 aromatic carbocycles. The minimum absolute atomic E-state index is 0.861. The van der Waals surface area contributed by atoms with Crippen molar-refractivity contribution in [1.82, 2.24) is 4.90 Å². The molecule has 1 nitrogen and oxygen atoms in total. The van der Waals surface area contributed by atoms with Crippen molar-refractivity contribution in [3.05, 3.63) is 19.7 Å². The molecule has 1 heteroatoms. The van der Waals surface area contributed by atoms with E-state index in [4.69, 9.17) is 0 Å². The van der Waals surface area contributed by atoms with Crippen molar-refractivity contribution in [3.63, 3.8) is 0 Å². The molecule has 0 heterocycles. The van der Waals surface area contributed by atoms with E-state index in [9.17, 15) is 0 Å². The Labute approximate surface area is 39.3 Å². The van der Waals surface area contributed by atoms with E-state index in [2.05, 4.69) is 13.6 Å². The predicted molar refractivity (Wildman–Crippen MR) is 28.2 cm³/mol. The Morgan fingerprint density at radius 1 is 2.00 bits per heavy atom. The monoisotopic (exact) mass is 84.1 g/mol. The molecule has 0 aliphatic carbocycles. The Morgan fingerprint density at radius 3 is 2.50 bits per heavy atom. The molecular formula is C5H10N-. The standard InChI is InChI=1S/C5H10N/c1-4-5-6(2)3/h4H,1-2,5H2,3H3/q-1. The average Bonchev–Trinajstić information content (AvgIpc) is 1.35. The molecule has 0 aromatic heterocycles. The summed E-state index contributed by atoms with van der Waals surface area (Å²) in [6.07, 6.45) is 1.81. The van der Waals surface area contributed by atoms with E-state index in [1.165, 1.54) is 0 Å². The zero-order valence-electron chi connectivity index (χ0n) is 4.15. The van der Waals surface area contributed by atoms with E-state index in [1.807, 2.05) is 18.0 Å². The smallest absolute Gasteiger partial charge is 0.0122 e. The summed E-state index contributed by atoms with van der Waals surface area (Å²) >= 11 is 0. The number of nitrogens with zero attached hydrogens (tertiary/aromatic N) is 1. The van der Waals surface area contributed by atoms with Gasteiger partial charge in [-0.3, -0.25) is 7.05 Å². The van der Waals surface area contributed by atoms with Crippen molar-refractivity contribution in [2.24, 2.45) is 0 Å². The molecule has 0 fully saturated rings. The first-order valence-electron chi connectivity index (χ1n) is 1.90. The molecule has 36 valence electrons. The second-order valence-electron chi connectivity index (χ2n) is 1.33. The number of hydrogen-bond acceptors (Lipinski definition) is 1. The van der Waals surface area contributed by atoms with Crippen molar-refractivity contribution < 1.29 is 0 Å². The van der Waals surface area contributed by atoms with Crippen LogP contribution < -0.4 is 0 Å². The average molecular weight is 84.1 g/mol. The van der Waals surface area contributed by atoms with E-state index in [-0.39, 0.29) is 0 Å². The normalized spacial score (nSPS) is 9.17. The van der Waals surface area contributed by atoms with Crippen LogP contribution in [0.4, 0.5) is 0 Å². The minimum atomic E-state index is 0.861. The van der Waals surface area contributed by atoms with Gasteiger partial charge in [-0.15, -0.1) is 6.58 Å². The first-order valence-corrected chi connectivity index (χ1v) is 1.90. The molecule has 0 radical (unpaired) electrons. The SMILES string of the molecule is C=CCN([CH2-])C. The van der Waals surface area contributed by atoms with E-state index in [1.54, 1.807) is 0 Å². The van der Waals surface area contributed by atoms with Crippen LogP contribution in [-0.4, -0.2) is 18.5 Å².